The molecule has 0 aliphatic heterocycles. The molecule has 0 radical (unpaired) electrons. The largest absolute Gasteiger partial charge is 0.492 e. The van der Waals surface area contributed by atoms with E-state index in [9.17, 15) is 0 Å². The Kier molecular flexibility index (Phi) is 7.06. The molecule has 0 saturated heterocycles. The van der Waals surface area contributed by atoms with Gasteiger partial charge in [-0.15, -0.1) is 6.58 Å². The van der Waals surface area contributed by atoms with Gasteiger partial charge in [-0.1, -0.05) is 19.1 Å². The van der Waals surface area contributed by atoms with E-state index in [1.165, 1.54) is 5.56 Å². The van der Waals surface area contributed by atoms with E-state index in [1.54, 1.807) is 0 Å². The lowest BCUT2D eigenvalue weighted by Crippen LogP contribution is -2.21. The molecule has 1 aromatic rings. The zero-order chi connectivity index (χ0) is 13.4. The number of nitrogens with two attached hydrogens (primary N) is 1. The fraction of sp³-hybridized carbons (Fsp3) is 0.467. The van der Waals surface area contributed by atoms with Gasteiger partial charge < -0.3 is 10.5 Å². The first kappa shape index (κ1) is 15.3. The second-order valence-electron chi connectivity index (χ2n) is 4.42. The van der Waals surface area contributed by atoms with Crippen molar-refractivity contribution in [3.63, 3.8) is 0 Å². The smallest absolute Gasteiger partial charge is 0.133 e. The molecular weight excluding hydrogens is 290 g/mol. The van der Waals surface area contributed by atoms with Crippen LogP contribution in [-0.4, -0.2) is 12.6 Å². The van der Waals surface area contributed by atoms with Gasteiger partial charge in [0.2, 0.25) is 0 Å². The first-order valence-corrected chi connectivity index (χ1v) is 7.24. The van der Waals surface area contributed by atoms with E-state index >= 15 is 0 Å². The summed E-state index contributed by atoms with van der Waals surface area (Å²) in [5, 5.41) is 0. The Hall–Kier alpha value is -0.800. The molecule has 0 aliphatic carbocycles. The van der Waals surface area contributed by atoms with Crippen molar-refractivity contribution in [1.82, 2.24) is 0 Å². The van der Waals surface area contributed by atoms with E-state index in [0.29, 0.717) is 0 Å². The number of allylic oxidation sites excluding steroid dienone is 1. The topological polar surface area (TPSA) is 35.2 Å². The predicted octanol–water partition coefficient (Wildman–Crippen LogP) is 4.07. The molecule has 0 fully saturated rings. The summed E-state index contributed by atoms with van der Waals surface area (Å²) in [6.07, 6.45) is 5.80. The van der Waals surface area contributed by atoms with Crippen molar-refractivity contribution in [2.75, 3.05) is 6.61 Å². The maximum atomic E-state index is 5.95. The Morgan fingerprint density at radius 1 is 1.50 bits per heavy atom. The molecule has 0 amide bonds. The van der Waals surface area contributed by atoms with Crippen molar-refractivity contribution >= 4 is 15.9 Å². The monoisotopic (exact) mass is 311 g/mol. The van der Waals surface area contributed by atoms with Crippen LogP contribution in [0.4, 0.5) is 0 Å². The van der Waals surface area contributed by atoms with Crippen LogP contribution in [0.1, 0.15) is 31.7 Å². The molecule has 18 heavy (non-hydrogen) atoms. The quantitative estimate of drug-likeness (QED) is 0.580. The summed E-state index contributed by atoms with van der Waals surface area (Å²) < 4.78 is 6.70. The van der Waals surface area contributed by atoms with Gasteiger partial charge in [0, 0.05) is 6.04 Å². The molecule has 1 aromatic carbocycles. The van der Waals surface area contributed by atoms with E-state index in [4.69, 9.17) is 10.5 Å². The van der Waals surface area contributed by atoms with Crippen molar-refractivity contribution in [1.29, 1.82) is 0 Å². The Morgan fingerprint density at radius 3 is 2.89 bits per heavy atom. The second kappa shape index (κ2) is 8.33. The Labute approximate surface area is 118 Å². The van der Waals surface area contributed by atoms with Crippen LogP contribution < -0.4 is 10.5 Å². The standard InChI is InChI=1S/C15H22BrNO/c1-3-5-6-9-18-15-8-7-12(11-14(15)16)10-13(17)4-2/h3,7-8,11,13H,1,4-6,9-10,17H2,2H3. The highest BCUT2D eigenvalue weighted by Crippen LogP contribution is 2.26. The Balaban J connectivity index is 2.53. The van der Waals surface area contributed by atoms with Crippen LogP contribution in [0.25, 0.3) is 0 Å². The van der Waals surface area contributed by atoms with Crippen molar-refractivity contribution in [2.45, 2.75) is 38.6 Å². The molecule has 3 heteroatoms. The van der Waals surface area contributed by atoms with E-state index < -0.39 is 0 Å². The molecular formula is C15H22BrNO. The summed E-state index contributed by atoms with van der Waals surface area (Å²) in [5.41, 5.74) is 7.20. The molecule has 0 spiro atoms. The zero-order valence-electron chi connectivity index (χ0n) is 11.0. The number of halogens is 1. The van der Waals surface area contributed by atoms with E-state index in [2.05, 4.69) is 41.6 Å². The van der Waals surface area contributed by atoms with Gasteiger partial charge in [0.15, 0.2) is 0 Å². The van der Waals surface area contributed by atoms with Crippen LogP contribution >= 0.6 is 15.9 Å². The number of benzene rings is 1. The fourth-order valence-electron chi connectivity index (χ4n) is 1.65. The lowest BCUT2D eigenvalue weighted by atomic mass is 10.0. The molecule has 2 nitrogen and oxygen atoms in total. The third-order valence-electron chi connectivity index (χ3n) is 2.83. The van der Waals surface area contributed by atoms with Gasteiger partial charge in [0.25, 0.3) is 0 Å². The first-order valence-electron chi connectivity index (χ1n) is 6.45. The third kappa shape index (κ3) is 5.23. The highest BCUT2D eigenvalue weighted by atomic mass is 79.9. The van der Waals surface area contributed by atoms with Crippen LogP contribution in [0, 0.1) is 0 Å². The molecule has 1 atom stereocenters. The van der Waals surface area contributed by atoms with Gasteiger partial charge in [-0.25, -0.2) is 0 Å². The van der Waals surface area contributed by atoms with Gasteiger partial charge >= 0.3 is 0 Å². The van der Waals surface area contributed by atoms with Crippen LogP contribution in [0.5, 0.6) is 5.75 Å². The minimum absolute atomic E-state index is 0.233. The van der Waals surface area contributed by atoms with Crippen molar-refractivity contribution in [3.05, 3.63) is 40.9 Å². The van der Waals surface area contributed by atoms with Gasteiger partial charge in [-0.3, -0.25) is 0 Å². The van der Waals surface area contributed by atoms with Crippen molar-refractivity contribution in [2.24, 2.45) is 5.73 Å². The summed E-state index contributed by atoms with van der Waals surface area (Å²) in [6.45, 7) is 6.52. The van der Waals surface area contributed by atoms with Crippen LogP contribution in [-0.2, 0) is 6.42 Å². The average molecular weight is 312 g/mol. The Morgan fingerprint density at radius 2 is 2.28 bits per heavy atom. The molecule has 1 unspecified atom stereocenters. The maximum Gasteiger partial charge on any atom is 0.133 e. The minimum Gasteiger partial charge on any atom is -0.492 e. The molecule has 2 N–H and O–H groups in total. The third-order valence-corrected chi connectivity index (χ3v) is 3.45. The summed E-state index contributed by atoms with van der Waals surface area (Å²) in [6, 6.07) is 6.42. The van der Waals surface area contributed by atoms with Crippen molar-refractivity contribution < 1.29 is 4.74 Å². The van der Waals surface area contributed by atoms with Gasteiger partial charge in [-0.2, -0.15) is 0 Å². The number of rotatable bonds is 8. The normalized spacial score (nSPS) is 12.2. The number of hydrogen-bond donors (Lipinski definition) is 1. The summed E-state index contributed by atoms with van der Waals surface area (Å²) >= 11 is 3.54. The molecule has 0 bridgehead atoms. The summed E-state index contributed by atoms with van der Waals surface area (Å²) in [7, 11) is 0. The number of ether oxygens (including phenoxy) is 1. The van der Waals surface area contributed by atoms with Gasteiger partial charge in [0.1, 0.15) is 5.75 Å². The maximum absolute atomic E-state index is 5.95. The summed E-state index contributed by atoms with van der Waals surface area (Å²) in [5.74, 6) is 0.896. The molecule has 1 rings (SSSR count). The van der Waals surface area contributed by atoms with E-state index in [0.717, 1.165) is 42.5 Å². The summed E-state index contributed by atoms with van der Waals surface area (Å²) in [4.78, 5) is 0. The fourth-order valence-corrected chi connectivity index (χ4v) is 2.19. The van der Waals surface area contributed by atoms with Crippen LogP contribution in [0.3, 0.4) is 0 Å². The lowest BCUT2D eigenvalue weighted by Gasteiger charge is -2.12. The van der Waals surface area contributed by atoms with Crippen LogP contribution in [0.15, 0.2) is 35.3 Å². The second-order valence-corrected chi connectivity index (χ2v) is 5.27. The van der Waals surface area contributed by atoms with Gasteiger partial charge in [-0.05, 0) is 59.3 Å². The molecule has 100 valence electrons. The van der Waals surface area contributed by atoms with Crippen LogP contribution in [0.2, 0.25) is 0 Å². The predicted molar refractivity (Wildman–Crippen MR) is 81.0 cm³/mol. The molecule has 0 aliphatic rings. The van der Waals surface area contributed by atoms with E-state index in [-0.39, 0.29) is 6.04 Å². The SMILES string of the molecule is C=CCCCOc1ccc(CC(N)CC)cc1Br. The molecule has 0 aromatic heterocycles. The number of unbranched alkanes of at least 4 members (excludes halogenated alkanes) is 1. The van der Waals surface area contributed by atoms with E-state index in [1.807, 2.05) is 12.1 Å². The number of hydrogen-bond acceptors (Lipinski definition) is 2. The minimum atomic E-state index is 0.233. The Bertz CT molecular complexity index is 379. The first-order chi connectivity index (χ1) is 8.67. The van der Waals surface area contributed by atoms with Crippen molar-refractivity contribution in [3.8, 4) is 5.75 Å². The highest BCUT2D eigenvalue weighted by molar-refractivity contribution is 9.10. The lowest BCUT2D eigenvalue weighted by molar-refractivity contribution is 0.310. The highest BCUT2D eigenvalue weighted by Gasteiger charge is 2.05. The van der Waals surface area contributed by atoms with Gasteiger partial charge in [0.05, 0.1) is 11.1 Å². The molecule has 0 heterocycles. The molecule has 0 saturated carbocycles. The zero-order valence-corrected chi connectivity index (χ0v) is 12.6. The average Bonchev–Trinajstić information content (AvgIpc) is 2.36.